The molecule has 3 heterocycles. The fourth-order valence-electron chi connectivity index (χ4n) is 4.35. The summed E-state index contributed by atoms with van der Waals surface area (Å²) in [6.45, 7) is 5.28. The molecule has 5 heteroatoms. The maximum absolute atomic E-state index is 13.1. The van der Waals surface area contributed by atoms with E-state index in [0.29, 0.717) is 12.1 Å². The molecule has 4 rings (SSSR count). The Morgan fingerprint density at radius 1 is 1.07 bits per heavy atom. The lowest BCUT2D eigenvalue weighted by Gasteiger charge is -2.30. The summed E-state index contributed by atoms with van der Waals surface area (Å²) in [5.41, 5.74) is 2.50. The SMILES string of the molecule is CC1CCCN1CC1CCCN1C(=O)c1ccc(-c2ccc(F)nc2)cc1. The van der Waals surface area contributed by atoms with Gasteiger partial charge in [0.05, 0.1) is 0 Å². The fourth-order valence-corrected chi connectivity index (χ4v) is 4.35. The highest BCUT2D eigenvalue weighted by Crippen LogP contribution is 2.26. The Balaban J connectivity index is 1.46. The van der Waals surface area contributed by atoms with Crippen LogP contribution in [0.1, 0.15) is 43.0 Å². The van der Waals surface area contributed by atoms with Gasteiger partial charge in [-0.25, -0.2) is 4.98 Å². The van der Waals surface area contributed by atoms with E-state index in [1.807, 2.05) is 24.3 Å². The van der Waals surface area contributed by atoms with Crippen LogP contribution in [0, 0.1) is 5.95 Å². The van der Waals surface area contributed by atoms with Crippen LogP contribution in [0.2, 0.25) is 0 Å². The average molecular weight is 367 g/mol. The third-order valence-corrected chi connectivity index (χ3v) is 5.97. The number of carbonyl (C=O) groups is 1. The number of benzene rings is 1. The number of hydrogen-bond acceptors (Lipinski definition) is 3. The van der Waals surface area contributed by atoms with Gasteiger partial charge in [-0.05, 0) is 69.0 Å². The Morgan fingerprint density at radius 2 is 1.81 bits per heavy atom. The second kappa shape index (κ2) is 7.77. The van der Waals surface area contributed by atoms with E-state index in [-0.39, 0.29) is 5.91 Å². The fraction of sp³-hybridized carbons (Fsp3) is 0.455. The Labute approximate surface area is 160 Å². The summed E-state index contributed by atoms with van der Waals surface area (Å²) in [6, 6.07) is 11.6. The Kier molecular flexibility index (Phi) is 5.21. The van der Waals surface area contributed by atoms with Gasteiger partial charge in [0.1, 0.15) is 0 Å². The van der Waals surface area contributed by atoms with Gasteiger partial charge in [-0.15, -0.1) is 0 Å². The van der Waals surface area contributed by atoms with Crippen molar-refractivity contribution in [2.24, 2.45) is 0 Å². The van der Waals surface area contributed by atoms with Crippen molar-refractivity contribution in [2.45, 2.75) is 44.7 Å². The van der Waals surface area contributed by atoms with Gasteiger partial charge in [-0.1, -0.05) is 12.1 Å². The van der Waals surface area contributed by atoms with Crippen molar-refractivity contribution in [1.82, 2.24) is 14.8 Å². The highest BCUT2D eigenvalue weighted by molar-refractivity contribution is 5.95. The van der Waals surface area contributed by atoms with Gasteiger partial charge in [0.25, 0.3) is 5.91 Å². The molecule has 2 unspecified atom stereocenters. The van der Waals surface area contributed by atoms with Crippen LogP contribution >= 0.6 is 0 Å². The average Bonchev–Trinajstić information content (AvgIpc) is 3.32. The quantitative estimate of drug-likeness (QED) is 0.767. The lowest BCUT2D eigenvalue weighted by atomic mass is 10.0. The molecule has 2 fully saturated rings. The number of nitrogens with zero attached hydrogens (tertiary/aromatic N) is 3. The van der Waals surface area contributed by atoms with Crippen molar-refractivity contribution in [2.75, 3.05) is 19.6 Å². The minimum Gasteiger partial charge on any atom is -0.334 e. The number of pyridine rings is 1. The number of aromatic nitrogens is 1. The molecule has 2 atom stereocenters. The highest BCUT2D eigenvalue weighted by atomic mass is 19.1. The Hall–Kier alpha value is -2.27. The molecule has 2 aliphatic heterocycles. The highest BCUT2D eigenvalue weighted by Gasteiger charge is 2.32. The lowest BCUT2D eigenvalue weighted by Crippen LogP contribution is -2.44. The van der Waals surface area contributed by atoms with Crippen LogP contribution < -0.4 is 0 Å². The predicted molar refractivity (Wildman–Crippen MR) is 104 cm³/mol. The number of amides is 1. The molecule has 2 aliphatic rings. The van der Waals surface area contributed by atoms with Crippen LogP contribution in [0.4, 0.5) is 4.39 Å². The van der Waals surface area contributed by atoms with E-state index < -0.39 is 5.95 Å². The van der Waals surface area contributed by atoms with Gasteiger partial charge in [0.15, 0.2) is 0 Å². The Bertz CT molecular complexity index is 790. The molecule has 0 radical (unpaired) electrons. The van der Waals surface area contributed by atoms with Crippen LogP contribution in [0.15, 0.2) is 42.6 Å². The molecule has 0 spiro atoms. The van der Waals surface area contributed by atoms with Gasteiger partial charge in [-0.2, -0.15) is 4.39 Å². The van der Waals surface area contributed by atoms with Gasteiger partial charge in [0.2, 0.25) is 5.95 Å². The van der Waals surface area contributed by atoms with Crippen LogP contribution in [0.3, 0.4) is 0 Å². The molecule has 2 aromatic rings. The minimum atomic E-state index is -0.488. The molecule has 1 aromatic carbocycles. The number of carbonyl (C=O) groups excluding carboxylic acids is 1. The van der Waals surface area contributed by atoms with E-state index in [1.165, 1.54) is 25.1 Å². The first kappa shape index (κ1) is 18.1. The molecular formula is C22H26FN3O. The summed E-state index contributed by atoms with van der Waals surface area (Å²) in [5.74, 6) is -0.369. The normalized spacial score (nSPS) is 23.1. The second-order valence-corrected chi connectivity index (χ2v) is 7.73. The molecule has 142 valence electrons. The summed E-state index contributed by atoms with van der Waals surface area (Å²) >= 11 is 0. The largest absolute Gasteiger partial charge is 0.334 e. The lowest BCUT2D eigenvalue weighted by molar-refractivity contribution is 0.0696. The maximum atomic E-state index is 13.1. The van der Waals surface area contributed by atoms with Gasteiger partial charge < -0.3 is 4.90 Å². The summed E-state index contributed by atoms with van der Waals surface area (Å²) in [4.78, 5) is 21.3. The number of likely N-dealkylation sites (tertiary alicyclic amines) is 2. The molecule has 2 saturated heterocycles. The molecule has 4 nitrogen and oxygen atoms in total. The van der Waals surface area contributed by atoms with Crippen LogP contribution in [0.25, 0.3) is 11.1 Å². The van der Waals surface area contributed by atoms with E-state index in [2.05, 4.69) is 21.7 Å². The first-order valence-corrected chi connectivity index (χ1v) is 9.89. The summed E-state index contributed by atoms with van der Waals surface area (Å²) in [5, 5.41) is 0. The van der Waals surface area contributed by atoms with Crippen molar-refractivity contribution in [1.29, 1.82) is 0 Å². The second-order valence-electron chi connectivity index (χ2n) is 7.73. The standard InChI is InChI=1S/C22H26FN3O/c1-16-4-2-12-25(16)15-20-5-3-13-26(20)22(27)18-8-6-17(7-9-18)19-10-11-21(23)24-14-19/h6-11,14,16,20H,2-5,12-13,15H2,1H3. The summed E-state index contributed by atoms with van der Waals surface area (Å²) in [6.07, 6.45) is 6.22. The molecule has 1 amide bonds. The van der Waals surface area contributed by atoms with Crippen LogP contribution in [-0.4, -0.2) is 52.4 Å². The van der Waals surface area contributed by atoms with Crippen LogP contribution in [0.5, 0.6) is 0 Å². The van der Waals surface area contributed by atoms with Crippen molar-refractivity contribution in [3.8, 4) is 11.1 Å². The van der Waals surface area contributed by atoms with Gasteiger partial charge in [0, 0.05) is 42.5 Å². The summed E-state index contributed by atoms with van der Waals surface area (Å²) in [7, 11) is 0. The molecule has 27 heavy (non-hydrogen) atoms. The topological polar surface area (TPSA) is 36.4 Å². The molecule has 0 bridgehead atoms. The molecule has 1 aromatic heterocycles. The smallest absolute Gasteiger partial charge is 0.254 e. The van der Waals surface area contributed by atoms with Crippen molar-refractivity contribution >= 4 is 5.91 Å². The third kappa shape index (κ3) is 3.88. The molecular weight excluding hydrogens is 341 g/mol. The van der Waals surface area contributed by atoms with Gasteiger partial charge >= 0.3 is 0 Å². The van der Waals surface area contributed by atoms with Crippen molar-refractivity contribution < 1.29 is 9.18 Å². The zero-order valence-electron chi connectivity index (χ0n) is 15.8. The summed E-state index contributed by atoms with van der Waals surface area (Å²) < 4.78 is 13.0. The zero-order valence-corrected chi connectivity index (χ0v) is 15.8. The van der Waals surface area contributed by atoms with E-state index in [9.17, 15) is 9.18 Å². The molecule has 0 saturated carbocycles. The molecule has 0 aliphatic carbocycles. The predicted octanol–water partition coefficient (Wildman–Crippen LogP) is 3.98. The first-order chi connectivity index (χ1) is 13.1. The van der Waals surface area contributed by atoms with E-state index in [0.717, 1.165) is 49.2 Å². The Morgan fingerprint density at radius 3 is 2.48 bits per heavy atom. The van der Waals surface area contributed by atoms with Crippen LogP contribution in [-0.2, 0) is 0 Å². The minimum absolute atomic E-state index is 0.119. The number of rotatable bonds is 4. The van der Waals surface area contributed by atoms with Crippen molar-refractivity contribution in [3.05, 3.63) is 54.1 Å². The first-order valence-electron chi connectivity index (χ1n) is 9.89. The van der Waals surface area contributed by atoms with E-state index >= 15 is 0 Å². The number of halogens is 1. The molecule has 0 N–H and O–H groups in total. The van der Waals surface area contributed by atoms with E-state index in [4.69, 9.17) is 0 Å². The monoisotopic (exact) mass is 367 g/mol. The van der Waals surface area contributed by atoms with Crippen molar-refractivity contribution in [3.63, 3.8) is 0 Å². The van der Waals surface area contributed by atoms with E-state index in [1.54, 1.807) is 6.07 Å². The third-order valence-electron chi connectivity index (χ3n) is 5.97. The maximum Gasteiger partial charge on any atom is 0.254 e. The number of hydrogen-bond donors (Lipinski definition) is 0. The zero-order chi connectivity index (χ0) is 18.8. The van der Waals surface area contributed by atoms with Gasteiger partial charge in [-0.3, -0.25) is 9.69 Å².